The van der Waals surface area contributed by atoms with Crippen LogP contribution in [0.15, 0.2) is 24.5 Å². The maximum absolute atomic E-state index is 4.59. The SMILES string of the molecule is CCNc1cc(CC)nc(-c2ccncc2C)n1. The maximum Gasteiger partial charge on any atom is 0.162 e. The van der Waals surface area contributed by atoms with E-state index >= 15 is 0 Å². The number of hydrogen-bond donors (Lipinski definition) is 1. The Hall–Kier alpha value is -1.97. The highest BCUT2D eigenvalue weighted by molar-refractivity contribution is 5.60. The lowest BCUT2D eigenvalue weighted by molar-refractivity contribution is 0.996. The smallest absolute Gasteiger partial charge is 0.162 e. The summed E-state index contributed by atoms with van der Waals surface area (Å²) >= 11 is 0. The van der Waals surface area contributed by atoms with Crippen molar-refractivity contribution in [1.29, 1.82) is 0 Å². The molecule has 0 amide bonds. The van der Waals surface area contributed by atoms with Gasteiger partial charge in [-0.2, -0.15) is 0 Å². The topological polar surface area (TPSA) is 50.7 Å². The van der Waals surface area contributed by atoms with E-state index in [1.165, 1.54) is 0 Å². The van der Waals surface area contributed by atoms with Crippen molar-refractivity contribution in [2.45, 2.75) is 27.2 Å². The Morgan fingerprint density at radius 1 is 1.22 bits per heavy atom. The molecule has 4 heteroatoms. The average Bonchev–Trinajstić information content (AvgIpc) is 2.39. The number of rotatable bonds is 4. The van der Waals surface area contributed by atoms with E-state index in [4.69, 9.17) is 0 Å². The molecule has 94 valence electrons. The van der Waals surface area contributed by atoms with Crippen molar-refractivity contribution in [2.75, 3.05) is 11.9 Å². The highest BCUT2D eigenvalue weighted by Crippen LogP contribution is 2.20. The van der Waals surface area contributed by atoms with Crippen molar-refractivity contribution in [2.24, 2.45) is 0 Å². The van der Waals surface area contributed by atoms with Gasteiger partial charge in [0.25, 0.3) is 0 Å². The van der Waals surface area contributed by atoms with Crippen molar-refractivity contribution >= 4 is 5.82 Å². The van der Waals surface area contributed by atoms with Gasteiger partial charge in [-0.25, -0.2) is 9.97 Å². The monoisotopic (exact) mass is 242 g/mol. The summed E-state index contributed by atoms with van der Waals surface area (Å²) in [6.45, 7) is 7.04. The molecule has 0 unspecified atom stereocenters. The summed E-state index contributed by atoms with van der Waals surface area (Å²) in [6, 6.07) is 3.96. The minimum Gasteiger partial charge on any atom is -0.370 e. The quantitative estimate of drug-likeness (QED) is 0.895. The van der Waals surface area contributed by atoms with E-state index in [9.17, 15) is 0 Å². The fourth-order valence-corrected chi connectivity index (χ4v) is 1.80. The molecule has 0 atom stereocenters. The van der Waals surface area contributed by atoms with Gasteiger partial charge in [-0.3, -0.25) is 4.98 Å². The van der Waals surface area contributed by atoms with Crippen LogP contribution in [0.2, 0.25) is 0 Å². The van der Waals surface area contributed by atoms with Crippen LogP contribution in [0, 0.1) is 6.92 Å². The molecule has 18 heavy (non-hydrogen) atoms. The Labute approximate surface area is 108 Å². The lowest BCUT2D eigenvalue weighted by Crippen LogP contribution is -2.04. The van der Waals surface area contributed by atoms with E-state index in [0.717, 1.165) is 41.4 Å². The van der Waals surface area contributed by atoms with E-state index in [-0.39, 0.29) is 0 Å². The first kappa shape index (κ1) is 12.5. The van der Waals surface area contributed by atoms with Gasteiger partial charge in [-0.05, 0) is 31.9 Å². The van der Waals surface area contributed by atoms with Crippen molar-refractivity contribution in [3.05, 3.63) is 35.8 Å². The van der Waals surface area contributed by atoms with Crippen LogP contribution >= 0.6 is 0 Å². The zero-order valence-corrected chi connectivity index (χ0v) is 11.1. The number of pyridine rings is 1. The van der Waals surface area contributed by atoms with Crippen molar-refractivity contribution in [3.8, 4) is 11.4 Å². The average molecular weight is 242 g/mol. The van der Waals surface area contributed by atoms with Crippen LogP contribution < -0.4 is 5.32 Å². The summed E-state index contributed by atoms with van der Waals surface area (Å²) in [7, 11) is 0. The molecule has 2 heterocycles. The molecule has 0 aromatic carbocycles. The lowest BCUT2D eigenvalue weighted by Gasteiger charge is -2.09. The number of nitrogens with one attached hydrogen (secondary N) is 1. The third-order valence-electron chi connectivity index (χ3n) is 2.76. The van der Waals surface area contributed by atoms with Crippen LogP contribution in [0.25, 0.3) is 11.4 Å². The second kappa shape index (κ2) is 5.58. The molecule has 0 aliphatic heterocycles. The first-order chi connectivity index (χ1) is 8.74. The number of nitrogens with zero attached hydrogens (tertiary/aromatic N) is 3. The Kier molecular flexibility index (Phi) is 3.87. The van der Waals surface area contributed by atoms with Gasteiger partial charge in [0, 0.05) is 36.3 Å². The molecule has 2 aromatic rings. The van der Waals surface area contributed by atoms with E-state index in [0.29, 0.717) is 0 Å². The van der Waals surface area contributed by atoms with Crippen LogP contribution in [0.5, 0.6) is 0 Å². The van der Waals surface area contributed by atoms with Crippen molar-refractivity contribution in [3.63, 3.8) is 0 Å². The van der Waals surface area contributed by atoms with Crippen LogP contribution in [0.1, 0.15) is 25.1 Å². The van der Waals surface area contributed by atoms with E-state index < -0.39 is 0 Å². The summed E-state index contributed by atoms with van der Waals surface area (Å²) in [5, 5.41) is 3.25. The molecule has 0 spiro atoms. The van der Waals surface area contributed by atoms with Gasteiger partial charge in [0.05, 0.1) is 0 Å². The molecule has 0 saturated carbocycles. The standard InChI is InChI=1S/C14H18N4/c1-4-11-8-13(16-5-2)18-14(17-11)12-6-7-15-9-10(12)3/h6-9H,4-5H2,1-3H3,(H,16,17,18). The van der Waals surface area contributed by atoms with Crippen molar-refractivity contribution < 1.29 is 0 Å². The molecule has 0 aliphatic rings. The second-order valence-electron chi connectivity index (χ2n) is 4.14. The van der Waals surface area contributed by atoms with E-state index in [2.05, 4.69) is 34.1 Å². The number of aromatic nitrogens is 3. The molecule has 4 nitrogen and oxygen atoms in total. The Morgan fingerprint density at radius 3 is 2.72 bits per heavy atom. The van der Waals surface area contributed by atoms with Crippen LogP contribution in [0.4, 0.5) is 5.82 Å². The van der Waals surface area contributed by atoms with Gasteiger partial charge in [0.15, 0.2) is 5.82 Å². The number of hydrogen-bond acceptors (Lipinski definition) is 4. The summed E-state index contributed by atoms with van der Waals surface area (Å²) in [6.07, 6.45) is 4.51. The van der Waals surface area contributed by atoms with E-state index in [1.54, 1.807) is 6.20 Å². The van der Waals surface area contributed by atoms with Gasteiger partial charge in [0.1, 0.15) is 5.82 Å². The molecule has 2 aromatic heterocycles. The molecule has 1 N–H and O–H groups in total. The molecule has 2 rings (SSSR count). The van der Waals surface area contributed by atoms with Gasteiger partial charge in [-0.1, -0.05) is 6.92 Å². The first-order valence-corrected chi connectivity index (χ1v) is 6.27. The summed E-state index contributed by atoms with van der Waals surface area (Å²) in [4.78, 5) is 13.2. The zero-order chi connectivity index (χ0) is 13.0. The van der Waals surface area contributed by atoms with Crippen LogP contribution in [-0.4, -0.2) is 21.5 Å². The summed E-state index contributed by atoms with van der Waals surface area (Å²) in [5.41, 5.74) is 3.18. The molecular formula is C14H18N4. The summed E-state index contributed by atoms with van der Waals surface area (Å²) in [5.74, 6) is 1.65. The highest BCUT2D eigenvalue weighted by Gasteiger charge is 2.08. The molecule has 0 aliphatic carbocycles. The fourth-order valence-electron chi connectivity index (χ4n) is 1.80. The lowest BCUT2D eigenvalue weighted by atomic mass is 10.1. The molecule has 0 fully saturated rings. The minimum absolute atomic E-state index is 0.769. The molecule has 0 bridgehead atoms. The summed E-state index contributed by atoms with van der Waals surface area (Å²) < 4.78 is 0. The fraction of sp³-hybridized carbons (Fsp3) is 0.357. The normalized spacial score (nSPS) is 10.4. The Morgan fingerprint density at radius 2 is 2.06 bits per heavy atom. The van der Waals surface area contributed by atoms with Crippen LogP contribution in [-0.2, 0) is 6.42 Å². The molecule has 0 radical (unpaired) electrons. The molecular weight excluding hydrogens is 224 g/mol. The van der Waals surface area contributed by atoms with Crippen LogP contribution in [0.3, 0.4) is 0 Å². The molecule has 0 saturated heterocycles. The predicted molar refractivity (Wildman–Crippen MR) is 73.5 cm³/mol. The third kappa shape index (κ3) is 2.64. The van der Waals surface area contributed by atoms with Gasteiger partial charge >= 0.3 is 0 Å². The van der Waals surface area contributed by atoms with Gasteiger partial charge in [0.2, 0.25) is 0 Å². The maximum atomic E-state index is 4.59. The Balaban J connectivity index is 2.50. The number of anilines is 1. The first-order valence-electron chi connectivity index (χ1n) is 6.27. The zero-order valence-electron chi connectivity index (χ0n) is 11.1. The van der Waals surface area contributed by atoms with E-state index in [1.807, 2.05) is 25.3 Å². The van der Waals surface area contributed by atoms with Gasteiger partial charge < -0.3 is 5.32 Å². The number of aryl methyl sites for hydroxylation is 2. The predicted octanol–water partition coefficient (Wildman–Crippen LogP) is 2.84. The second-order valence-corrected chi connectivity index (χ2v) is 4.14. The van der Waals surface area contributed by atoms with Gasteiger partial charge in [-0.15, -0.1) is 0 Å². The highest BCUT2D eigenvalue weighted by atomic mass is 15.0. The largest absolute Gasteiger partial charge is 0.370 e. The Bertz CT molecular complexity index is 537. The van der Waals surface area contributed by atoms with Crippen molar-refractivity contribution in [1.82, 2.24) is 15.0 Å². The minimum atomic E-state index is 0.769. The third-order valence-corrected chi connectivity index (χ3v) is 2.76.